The first-order valence-corrected chi connectivity index (χ1v) is 8.69. The van der Waals surface area contributed by atoms with Gasteiger partial charge in [0.2, 0.25) is 10.0 Å². The summed E-state index contributed by atoms with van der Waals surface area (Å²) < 4.78 is 27.3. The fourth-order valence-electron chi connectivity index (χ4n) is 2.99. The molecule has 9 heteroatoms. The van der Waals surface area contributed by atoms with Gasteiger partial charge in [0.05, 0.1) is 4.92 Å². The lowest BCUT2D eigenvalue weighted by molar-refractivity contribution is -0.387. The predicted molar refractivity (Wildman–Crippen MR) is 90.2 cm³/mol. The van der Waals surface area contributed by atoms with E-state index in [0.29, 0.717) is 24.4 Å². The molecule has 130 valence electrons. The Bertz CT molecular complexity index is 681. The summed E-state index contributed by atoms with van der Waals surface area (Å²) in [6, 6.07) is 3.98. The quantitative estimate of drug-likeness (QED) is 0.651. The maximum absolute atomic E-state index is 13.0. The van der Waals surface area contributed by atoms with Crippen LogP contribution in [-0.4, -0.2) is 36.8 Å². The third kappa shape index (κ3) is 3.82. The van der Waals surface area contributed by atoms with Crippen molar-refractivity contribution in [1.29, 1.82) is 0 Å². The molecule has 1 aromatic rings. The van der Waals surface area contributed by atoms with Gasteiger partial charge in [-0.05, 0) is 31.2 Å². The zero-order valence-corrected chi connectivity index (χ0v) is 14.8. The molecule has 0 aromatic heterocycles. The van der Waals surface area contributed by atoms with Gasteiger partial charge in [-0.15, -0.1) is 12.4 Å². The Morgan fingerprint density at radius 3 is 2.65 bits per heavy atom. The first-order valence-electron chi connectivity index (χ1n) is 7.25. The number of halogens is 1. The number of nitrogens with two attached hydrogens (primary N) is 1. The number of nitrogens with zero attached hydrogens (tertiary/aromatic N) is 2. The van der Waals surface area contributed by atoms with Crippen molar-refractivity contribution in [2.45, 2.75) is 37.6 Å². The molecular weight excluding hydrogens is 342 g/mol. The van der Waals surface area contributed by atoms with Gasteiger partial charge in [0.25, 0.3) is 5.69 Å². The highest BCUT2D eigenvalue weighted by Gasteiger charge is 2.39. The molecule has 1 fully saturated rings. The average Bonchev–Trinajstić information content (AvgIpc) is 2.46. The van der Waals surface area contributed by atoms with Crippen LogP contribution < -0.4 is 5.73 Å². The van der Waals surface area contributed by atoms with Gasteiger partial charge in [-0.1, -0.05) is 19.1 Å². The monoisotopic (exact) mass is 363 g/mol. The molecule has 0 radical (unpaired) electrons. The molecule has 2 N–H and O–H groups in total. The minimum atomic E-state index is -3.94. The number of hydrogen-bond donors (Lipinski definition) is 1. The third-order valence-corrected chi connectivity index (χ3v) is 6.30. The zero-order chi connectivity index (χ0) is 16.5. The normalized spacial score (nSPS) is 22.4. The van der Waals surface area contributed by atoms with Crippen molar-refractivity contribution in [3.05, 3.63) is 33.9 Å². The van der Waals surface area contributed by atoms with Crippen LogP contribution in [0.4, 0.5) is 5.69 Å². The van der Waals surface area contributed by atoms with Crippen molar-refractivity contribution >= 4 is 28.1 Å². The van der Waals surface area contributed by atoms with Crippen molar-refractivity contribution in [3.63, 3.8) is 0 Å². The van der Waals surface area contributed by atoms with Crippen LogP contribution in [0, 0.1) is 23.0 Å². The molecule has 0 amide bonds. The van der Waals surface area contributed by atoms with Crippen LogP contribution in [0.2, 0.25) is 0 Å². The lowest BCUT2D eigenvalue weighted by atomic mass is 9.94. The summed E-state index contributed by atoms with van der Waals surface area (Å²) in [5, 5.41) is 11.2. The summed E-state index contributed by atoms with van der Waals surface area (Å²) in [5.41, 5.74) is 5.72. The molecule has 1 heterocycles. The Morgan fingerprint density at radius 1 is 1.43 bits per heavy atom. The van der Waals surface area contributed by atoms with Crippen LogP contribution in [0.5, 0.6) is 0 Å². The van der Waals surface area contributed by atoms with E-state index in [2.05, 4.69) is 6.92 Å². The fraction of sp³-hybridized carbons (Fsp3) is 0.571. The van der Waals surface area contributed by atoms with Crippen LogP contribution in [0.1, 0.15) is 25.3 Å². The van der Waals surface area contributed by atoms with E-state index >= 15 is 0 Å². The van der Waals surface area contributed by atoms with Gasteiger partial charge < -0.3 is 5.73 Å². The highest BCUT2D eigenvalue weighted by atomic mass is 35.5. The summed E-state index contributed by atoms with van der Waals surface area (Å²) in [4.78, 5) is 10.3. The Morgan fingerprint density at radius 2 is 2.09 bits per heavy atom. The molecule has 1 saturated heterocycles. The van der Waals surface area contributed by atoms with Crippen molar-refractivity contribution in [3.8, 4) is 0 Å². The first-order chi connectivity index (χ1) is 10.3. The number of aryl methyl sites for hydroxylation is 1. The molecule has 0 spiro atoms. The Labute approximate surface area is 142 Å². The second-order valence-electron chi connectivity index (χ2n) is 5.82. The van der Waals surface area contributed by atoms with E-state index in [-0.39, 0.29) is 35.6 Å². The van der Waals surface area contributed by atoms with Crippen molar-refractivity contribution in [1.82, 2.24) is 4.31 Å². The Balaban J connectivity index is 0.00000264. The van der Waals surface area contributed by atoms with E-state index in [9.17, 15) is 18.5 Å². The van der Waals surface area contributed by atoms with Crippen LogP contribution in [0.25, 0.3) is 0 Å². The Hall–Kier alpha value is -1.22. The minimum Gasteiger partial charge on any atom is -0.329 e. The molecule has 2 rings (SSSR count). The first kappa shape index (κ1) is 19.8. The molecule has 0 saturated carbocycles. The van der Waals surface area contributed by atoms with Crippen LogP contribution in [0.15, 0.2) is 23.1 Å². The molecule has 1 aliphatic heterocycles. The zero-order valence-electron chi connectivity index (χ0n) is 13.1. The second-order valence-corrected chi connectivity index (χ2v) is 7.64. The van der Waals surface area contributed by atoms with E-state index in [1.807, 2.05) is 0 Å². The maximum Gasteiger partial charge on any atom is 0.289 e. The molecule has 0 bridgehead atoms. The third-order valence-electron chi connectivity index (χ3n) is 4.15. The molecule has 1 aliphatic rings. The summed E-state index contributed by atoms with van der Waals surface area (Å²) in [7, 11) is -3.94. The summed E-state index contributed by atoms with van der Waals surface area (Å²) >= 11 is 0. The standard InChI is InChI=1S/C14H21N3O4S.ClH/c1-10-6-7-16(12(8-10)9-15)22(20,21)14-11(2)4-3-5-13(14)17(18)19;/h3-5,10,12H,6-9,15H2,1-2H3;1H. The lowest BCUT2D eigenvalue weighted by Gasteiger charge is -2.36. The predicted octanol–water partition coefficient (Wildman–Crippen LogP) is 2.07. The topological polar surface area (TPSA) is 107 Å². The van der Waals surface area contributed by atoms with Gasteiger partial charge in [0.1, 0.15) is 0 Å². The van der Waals surface area contributed by atoms with E-state index < -0.39 is 14.9 Å². The summed E-state index contributed by atoms with van der Waals surface area (Å²) in [6.07, 6.45) is 1.41. The van der Waals surface area contributed by atoms with Gasteiger partial charge in [-0.25, -0.2) is 8.42 Å². The Kier molecular flexibility index (Phi) is 6.52. The fourth-order valence-corrected chi connectivity index (χ4v) is 5.02. The maximum atomic E-state index is 13.0. The number of hydrogen-bond acceptors (Lipinski definition) is 5. The summed E-state index contributed by atoms with van der Waals surface area (Å²) in [6.45, 7) is 4.19. The lowest BCUT2D eigenvalue weighted by Crippen LogP contribution is -2.49. The van der Waals surface area contributed by atoms with Gasteiger partial charge in [0.15, 0.2) is 4.90 Å². The van der Waals surface area contributed by atoms with E-state index in [4.69, 9.17) is 5.73 Å². The number of nitro benzene ring substituents is 1. The highest BCUT2D eigenvalue weighted by molar-refractivity contribution is 7.89. The van der Waals surface area contributed by atoms with Gasteiger partial charge >= 0.3 is 0 Å². The van der Waals surface area contributed by atoms with Crippen LogP contribution >= 0.6 is 12.4 Å². The molecule has 2 atom stereocenters. The summed E-state index contributed by atoms with van der Waals surface area (Å²) in [5.74, 6) is 0.395. The molecule has 23 heavy (non-hydrogen) atoms. The molecular formula is C14H22ClN3O4S. The molecule has 1 aromatic carbocycles. The second kappa shape index (κ2) is 7.57. The van der Waals surface area contributed by atoms with Gasteiger partial charge in [0, 0.05) is 25.2 Å². The minimum absolute atomic E-state index is 0. The number of sulfonamides is 1. The van der Waals surface area contributed by atoms with E-state index in [1.54, 1.807) is 13.0 Å². The van der Waals surface area contributed by atoms with E-state index in [1.165, 1.54) is 16.4 Å². The molecule has 7 nitrogen and oxygen atoms in total. The van der Waals surface area contributed by atoms with Crippen molar-refractivity contribution < 1.29 is 13.3 Å². The highest BCUT2D eigenvalue weighted by Crippen LogP contribution is 2.34. The van der Waals surface area contributed by atoms with Crippen molar-refractivity contribution in [2.75, 3.05) is 13.1 Å². The number of benzene rings is 1. The SMILES string of the molecule is Cc1cccc([N+](=O)[O-])c1S(=O)(=O)N1CCC(C)CC1CN.Cl. The number of rotatable bonds is 4. The molecule has 0 aliphatic carbocycles. The molecule has 2 unspecified atom stereocenters. The van der Waals surface area contributed by atoms with Crippen LogP contribution in [0.3, 0.4) is 0 Å². The van der Waals surface area contributed by atoms with Crippen molar-refractivity contribution in [2.24, 2.45) is 11.7 Å². The van der Waals surface area contributed by atoms with Gasteiger partial charge in [-0.2, -0.15) is 4.31 Å². The van der Waals surface area contributed by atoms with E-state index in [0.717, 1.165) is 6.42 Å². The van der Waals surface area contributed by atoms with Crippen LogP contribution in [-0.2, 0) is 10.0 Å². The number of piperidine rings is 1. The largest absolute Gasteiger partial charge is 0.329 e. The van der Waals surface area contributed by atoms with Gasteiger partial charge in [-0.3, -0.25) is 10.1 Å². The smallest absolute Gasteiger partial charge is 0.289 e. The average molecular weight is 364 g/mol. The number of nitro groups is 1.